The molecule has 0 saturated heterocycles. The van der Waals surface area contributed by atoms with Crippen LogP contribution in [0.2, 0.25) is 5.15 Å². The van der Waals surface area contributed by atoms with E-state index in [9.17, 15) is 14.9 Å². The van der Waals surface area contributed by atoms with Gasteiger partial charge < -0.3 is 9.80 Å². The number of aromatic nitrogens is 1. The highest BCUT2D eigenvalue weighted by Crippen LogP contribution is 2.27. The van der Waals surface area contributed by atoms with Gasteiger partial charge in [-0.3, -0.25) is 14.9 Å². The molecule has 0 bridgehead atoms. The van der Waals surface area contributed by atoms with Gasteiger partial charge in [0.2, 0.25) is 5.15 Å². The highest BCUT2D eigenvalue weighted by Gasteiger charge is 2.27. The lowest BCUT2D eigenvalue weighted by molar-refractivity contribution is -0.385. The lowest BCUT2D eigenvalue weighted by Gasteiger charge is -2.23. The second kappa shape index (κ2) is 7.90. The molecular formula is C13H19ClN4O3. The zero-order valence-corrected chi connectivity index (χ0v) is 13.1. The van der Waals surface area contributed by atoms with Gasteiger partial charge in [0.05, 0.1) is 4.92 Å². The minimum Gasteiger partial charge on any atom is -0.337 e. The minimum atomic E-state index is -0.668. The minimum absolute atomic E-state index is 0.0211. The first kappa shape index (κ1) is 17.3. The molecule has 0 atom stereocenters. The average molecular weight is 315 g/mol. The Morgan fingerprint density at radius 3 is 2.57 bits per heavy atom. The first-order valence-electron chi connectivity index (χ1n) is 6.61. The quantitative estimate of drug-likeness (QED) is 0.437. The third kappa shape index (κ3) is 4.64. The number of hydrogen-bond acceptors (Lipinski definition) is 5. The van der Waals surface area contributed by atoms with Crippen molar-refractivity contribution >= 4 is 23.2 Å². The second-order valence-corrected chi connectivity index (χ2v) is 5.21. The van der Waals surface area contributed by atoms with Gasteiger partial charge in [0.15, 0.2) is 0 Å². The molecule has 1 heterocycles. The van der Waals surface area contributed by atoms with Crippen molar-refractivity contribution in [3.8, 4) is 0 Å². The second-order valence-electron chi connectivity index (χ2n) is 4.85. The summed E-state index contributed by atoms with van der Waals surface area (Å²) in [7, 11) is 3.81. The Morgan fingerprint density at radius 2 is 2.05 bits per heavy atom. The molecule has 116 valence electrons. The van der Waals surface area contributed by atoms with Crippen LogP contribution in [-0.2, 0) is 0 Å². The molecule has 0 fully saturated rings. The summed E-state index contributed by atoms with van der Waals surface area (Å²) in [5.41, 5.74) is -0.456. The van der Waals surface area contributed by atoms with E-state index in [1.165, 1.54) is 12.3 Å². The zero-order valence-electron chi connectivity index (χ0n) is 12.4. The molecule has 0 N–H and O–H groups in total. The molecule has 0 radical (unpaired) electrons. The van der Waals surface area contributed by atoms with Gasteiger partial charge in [-0.1, -0.05) is 18.5 Å². The van der Waals surface area contributed by atoms with Crippen molar-refractivity contribution in [2.24, 2.45) is 0 Å². The van der Waals surface area contributed by atoms with E-state index in [1.54, 1.807) is 4.90 Å². The fourth-order valence-corrected chi connectivity index (χ4v) is 2.08. The Kier molecular flexibility index (Phi) is 6.51. The number of amides is 1. The van der Waals surface area contributed by atoms with Gasteiger partial charge >= 0.3 is 5.69 Å². The molecule has 0 unspecified atom stereocenters. The number of pyridine rings is 1. The van der Waals surface area contributed by atoms with Gasteiger partial charge in [-0.25, -0.2) is 4.98 Å². The molecule has 0 aromatic carbocycles. The van der Waals surface area contributed by atoms with Crippen LogP contribution in [0.1, 0.15) is 23.7 Å². The summed E-state index contributed by atoms with van der Waals surface area (Å²) in [6.45, 7) is 3.66. The summed E-state index contributed by atoms with van der Waals surface area (Å²) in [5.74, 6) is -0.394. The molecule has 8 heteroatoms. The number of nitrogens with zero attached hydrogens (tertiary/aromatic N) is 4. The van der Waals surface area contributed by atoms with E-state index in [-0.39, 0.29) is 10.7 Å². The Morgan fingerprint density at radius 1 is 1.38 bits per heavy atom. The van der Waals surface area contributed by atoms with Crippen molar-refractivity contribution in [2.45, 2.75) is 13.3 Å². The van der Waals surface area contributed by atoms with Crippen LogP contribution in [-0.4, -0.2) is 59.3 Å². The summed E-state index contributed by atoms with van der Waals surface area (Å²) < 4.78 is 0. The maximum absolute atomic E-state index is 12.5. The molecule has 7 nitrogen and oxygen atoms in total. The summed E-state index contributed by atoms with van der Waals surface area (Å²) in [6.07, 6.45) is 2.07. The van der Waals surface area contributed by atoms with Crippen LogP contribution in [0.15, 0.2) is 12.3 Å². The number of carbonyl (C=O) groups excluding carboxylic acids is 1. The number of nitro groups is 1. The van der Waals surface area contributed by atoms with Crippen molar-refractivity contribution in [1.82, 2.24) is 14.8 Å². The van der Waals surface area contributed by atoms with Crippen LogP contribution >= 0.6 is 11.6 Å². The molecule has 1 rings (SSSR count). The molecule has 1 aromatic rings. The summed E-state index contributed by atoms with van der Waals surface area (Å²) in [6, 6.07) is 1.34. The van der Waals surface area contributed by atoms with E-state index in [4.69, 9.17) is 11.6 Å². The molecule has 0 saturated carbocycles. The topological polar surface area (TPSA) is 79.6 Å². The van der Waals surface area contributed by atoms with Crippen molar-refractivity contribution in [2.75, 3.05) is 33.7 Å². The van der Waals surface area contributed by atoms with Gasteiger partial charge in [0, 0.05) is 25.8 Å². The van der Waals surface area contributed by atoms with Gasteiger partial charge in [-0.05, 0) is 26.6 Å². The van der Waals surface area contributed by atoms with E-state index in [1.807, 2.05) is 25.9 Å². The van der Waals surface area contributed by atoms with E-state index >= 15 is 0 Å². The van der Waals surface area contributed by atoms with Crippen LogP contribution < -0.4 is 0 Å². The Hall–Kier alpha value is -1.73. The number of likely N-dealkylation sites (N-methyl/N-ethyl adjacent to an activating group) is 1. The molecule has 1 amide bonds. The summed E-state index contributed by atoms with van der Waals surface area (Å²) >= 11 is 5.75. The van der Waals surface area contributed by atoms with Crippen LogP contribution in [0, 0.1) is 10.1 Å². The Labute approximate surface area is 128 Å². The van der Waals surface area contributed by atoms with E-state index < -0.39 is 16.5 Å². The maximum Gasteiger partial charge on any atom is 0.319 e. The molecular weight excluding hydrogens is 296 g/mol. The molecule has 0 spiro atoms. The highest BCUT2D eigenvalue weighted by molar-refractivity contribution is 6.32. The van der Waals surface area contributed by atoms with Crippen molar-refractivity contribution in [3.05, 3.63) is 33.1 Å². The summed E-state index contributed by atoms with van der Waals surface area (Å²) in [5, 5.41) is 10.8. The predicted molar refractivity (Wildman–Crippen MR) is 80.6 cm³/mol. The summed E-state index contributed by atoms with van der Waals surface area (Å²) in [4.78, 5) is 30.2. The lowest BCUT2D eigenvalue weighted by atomic mass is 10.2. The number of carbonyl (C=O) groups is 1. The molecule has 0 aliphatic rings. The number of hydrogen-bond donors (Lipinski definition) is 0. The van der Waals surface area contributed by atoms with Crippen molar-refractivity contribution in [3.63, 3.8) is 0 Å². The van der Waals surface area contributed by atoms with Gasteiger partial charge in [0.25, 0.3) is 5.91 Å². The van der Waals surface area contributed by atoms with Crippen LogP contribution in [0.5, 0.6) is 0 Å². The molecule has 21 heavy (non-hydrogen) atoms. The molecule has 1 aromatic heterocycles. The largest absolute Gasteiger partial charge is 0.337 e. The molecule has 0 aliphatic carbocycles. The van der Waals surface area contributed by atoms with Crippen molar-refractivity contribution < 1.29 is 9.72 Å². The Bertz CT molecular complexity index is 522. The molecule has 0 aliphatic heterocycles. The van der Waals surface area contributed by atoms with Crippen LogP contribution in [0.4, 0.5) is 5.69 Å². The fraction of sp³-hybridized carbons (Fsp3) is 0.538. The third-order valence-electron chi connectivity index (χ3n) is 2.89. The third-order valence-corrected chi connectivity index (χ3v) is 3.17. The van der Waals surface area contributed by atoms with Gasteiger partial charge in [0.1, 0.15) is 5.56 Å². The number of rotatable bonds is 7. The van der Waals surface area contributed by atoms with Crippen LogP contribution in [0.3, 0.4) is 0 Å². The standard InChI is InChI=1S/C13H19ClN4O3/c1-4-7-17(9-8-16(2)3)13(19)10-5-6-15-12(14)11(10)18(20)21/h5-6H,4,7-9H2,1-3H3. The zero-order chi connectivity index (χ0) is 16.0. The number of halogens is 1. The van der Waals surface area contributed by atoms with E-state index in [0.29, 0.717) is 19.6 Å². The Balaban J connectivity index is 3.09. The normalized spacial score (nSPS) is 10.7. The maximum atomic E-state index is 12.5. The van der Waals surface area contributed by atoms with E-state index in [2.05, 4.69) is 4.98 Å². The fourth-order valence-electron chi connectivity index (χ4n) is 1.85. The predicted octanol–water partition coefficient (Wildman–Crippen LogP) is 2.06. The first-order chi connectivity index (χ1) is 9.88. The highest BCUT2D eigenvalue weighted by atomic mass is 35.5. The van der Waals surface area contributed by atoms with Gasteiger partial charge in [-0.15, -0.1) is 0 Å². The SMILES string of the molecule is CCCN(CCN(C)C)C(=O)c1ccnc(Cl)c1[N+](=O)[O-]. The van der Waals surface area contributed by atoms with Crippen molar-refractivity contribution in [1.29, 1.82) is 0 Å². The van der Waals surface area contributed by atoms with Crippen LogP contribution in [0.25, 0.3) is 0 Å². The van der Waals surface area contributed by atoms with Gasteiger partial charge in [-0.2, -0.15) is 0 Å². The monoisotopic (exact) mass is 314 g/mol. The average Bonchev–Trinajstić information content (AvgIpc) is 2.41. The van der Waals surface area contributed by atoms with E-state index in [0.717, 1.165) is 6.42 Å². The smallest absolute Gasteiger partial charge is 0.319 e. The lowest BCUT2D eigenvalue weighted by Crippen LogP contribution is -2.37. The first-order valence-corrected chi connectivity index (χ1v) is 6.99.